The second-order valence-electron chi connectivity index (χ2n) is 12.0. The molecule has 5 heteroatoms. The van der Waals surface area contributed by atoms with E-state index in [0.717, 1.165) is 43.6 Å². The SMILES string of the molecule is C[C@H](C/C=C/c1ccccc1)[C@@H](CCC[C@H]1SCCC[S@@]1=O)O[Si](c1ccccc1)(c1ccccc1)C(C)(C)C. The van der Waals surface area contributed by atoms with Crippen molar-refractivity contribution in [1.82, 2.24) is 0 Å². The fourth-order valence-electron chi connectivity index (χ4n) is 5.84. The molecule has 0 saturated carbocycles. The summed E-state index contributed by atoms with van der Waals surface area (Å²) in [4.78, 5) is 0. The van der Waals surface area contributed by atoms with Gasteiger partial charge in [-0.15, -0.1) is 11.8 Å². The van der Waals surface area contributed by atoms with E-state index in [2.05, 4.69) is 131 Å². The van der Waals surface area contributed by atoms with Crippen LogP contribution in [0.5, 0.6) is 0 Å². The van der Waals surface area contributed by atoms with Gasteiger partial charge in [-0.1, -0.05) is 131 Å². The van der Waals surface area contributed by atoms with E-state index in [4.69, 9.17) is 4.43 Å². The number of rotatable bonds is 12. The Labute approximate surface area is 250 Å². The van der Waals surface area contributed by atoms with Gasteiger partial charge in [0.1, 0.15) is 0 Å². The first kappa shape index (κ1) is 31.0. The van der Waals surface area contributed by atoms with Crippen molar-refractivity contribution in [3.05, 3.63) is 103 Å². The molecule has 1 fully saturated rings. The second kappa shape index (κ2) is 14.8. The molecule has 1 heterocycles. The lowest BCUT2D eigenvalue weighted by molar-refractivity contribution is 0.120. The third-order valence-electron chi connectivity index (χ3n) is 8.01. The van der Waals surface area contributed by atoms with Gasteiger partial charge in [0.05, 0.1) is 4.58 Å². The average molecular weight is 591 g/mol. The zero-order valence-electron chi connectivity index (χ0n) is 24.6. The zero-order valence-corrected chi connectivity index (χ0v) is 27.3. The molecule has 1 aliphatic heterocycles. The van der Waals surface area contributed by atoms with Crippen LogP contribution in [0.4, 0.5) is 0 Å². The van der Waals surface area contributed by atoms with Crippen LogP contribution < -0.4 is 10.4 Å². The molecule has 3 aromatic carbocycles. The van der Waals surface area contributed by atoms with E-state index in [1.54, 1.807) is 0 Å². The molecule has 0 amide bonds. The number of benzene rings is 3. The summed E-state index contributed by atoms with van der Waals surface area (Å²) in [6.45, 7) is 9.43. The van der Waals surface area contributed by atoms with Crippen LogP contribution in [0.1, 0.15) is 65.4 Å². The molecule has 4 atom stereocenters. The molecule has 3 aromatic rings. The van der Waals surface area contributed by atoms with Gasteiger partial charge in [0.25, 0.3) is 8.32 Å². The number of thioether (sulfide) groups is 1. The van der Waals surface area contributed by atoms with Crippen LogP contribution in [-0.2, 0) is 15.2 Å². The molecule has 2 nitrogen and oxygen atoms in total. The maximum Gasteiger partial charge on any atom is 0.261 e. The standard InChI is InChI=1S/C35H46O2S2Si/c1-29(17-14-20-30-18-8-5-9-19-30)33(25-15-26-34-38-27-16-28-39(34)36)37-40(35(2,3)4,31-21-10-6-11-22-31)32-23-12-7-13-24-32/h5-14,18-24,29,33-34H,15-17,25-28H2,1-4H3/b20-14+/t29-,33-,34+,39+/m1/s1. The molecule has 1 aliphatic rings. The van der Waals surface area contributed by atoms with E-state index in [1.807, 2.05) is 11.8 Å². The number of hydrogen-bond acceptors (Lipinski definition) is 3. The Balaban J connectivity index is 1.65. The molecule has 0 radical (unpaired) electrons. The van der Waals surface area contributed by atoms with Crippen molar-refractivity contribution in [2.45, 2.75) is 75.5 Å². The monoisotopic (exact) mass is 590 g/mol. The summed E-state index contributed by atoms with van der Waals surface area (Å²) in [5.74, 6) is 2.35. The van der Waals surface area contributed by atoms with Gasteiger partial charge in [-0.05, 0) is 64.8 Å². The highest BCUT2D eigenvalue weighted by atomic mass is 32.2. The minimum Gasteiger partial charge on any atom is -0.404 e. The molecule has 0 bridgehead atoms. The summed E-state index contributed by atoms with van der Waals surface area (Å²) in [6, 6.07) is 32.5. The van der Waals surface area contributed by atoms with Crippen LogP contribution >= 0.6 is 11.8 Å². The fourth-order valence-corrected chi connectivity index (χ4v) is 14.1. The van der Waals surface area contributed by atoms with Crippen LogP contribution in [0.2, 0.25) is 5.04 Å². The Morgan fingerprint density at radius 1 is 0.950 bits per heavy atom. The van der Waals surface area contributed by atoms with Crippen LogP contribution in [0.25, 0.3) is 6.08 Å². The molecule has 214 valence electrons. The maximum absolute atomic E-state index is 12.7. The molecule has 40 heavy (non-hydrogen) atoms. The summed E-state index contributed by atoms with van der Waals surface area (Å²) in [6.07, 6.45) is 9.72. The van der Waals surface area contributed by atoms with Crippen molar-refractivity contribution in [3.8, 4) is 0 Å². The minimum atomic E-state index is -2.67. The lowest BCUT2D eigenvalue weighted by Gasteiger charge is -2.46. The molecule has 0 aromatic heterocycles. The second-order valence-corrected chi connectivity index (χ2v) is 19.6. The normalized spacial score (nSPS) is 19.9. The summed E-state index contributed by atoms with van der Waals surface area (Å²) in [5, 5.41) is 2.60. The Morgan fingerprint density at radius 2 is 1.52 bits per heavy atom. The summed E-state index contributed by atoms with van der Waals surface area (Å²) >= 11 is 1.91. The summed E-state index contributed by atoms with van der Waals surface area (Å²) < 4.78 is 20.6. The lowest BCUT2D eigenvalue weighted by atomic mass is 9.96. The third-order valence-corrected chi connectivity index (χ3v) is 16.8. The van der Waals surface area contributed by atoms with Crippen molar-refractivity contribution in [2.24, 2.45) is 5.92 Å². The van der Waals surface area contributed by atoms with Gasteiger partial charge in [-0.3, -0.25) is 4.21 Å². The first-order valence-electron chi connectivity index (χ1n) is 14.8. The first-order valence-corrected chi connectivity index (χ1v) is 19.1. The van der Waals surface area contributed by atoms with Crippen LogP contribution in [0.3, 0.4) is 0 Å². The van der Waals surface area contributed by atoms with Gasteiger partial charge < -0.3 is 4.43 Å². The van der Waals surface area contributed by atoms with Gasteiger partial charge in [-0.2, -0.15) is 0 Å². The molecule has 4 rings (SSSR count). The van der Waals surface area contributed by atoms with E-state index in [-0.39, 0.29) is 15.7 Å². The third kappa shape index (κ3) is 7.88. The van der Waals surface area contributed by atoms with Gasteiger partial charge in [-0.25, -0.2) is 0 Å². The largest absolute Gasteiger partial charge is 0.404 e. The topological polar surface area (TPSA) is 26.3 Å². The van der Waals surface area contributed by atoms with E-state index < -0.39 is 19.1 Å². The van der Waals surface area contributed by atoms with Crippen molar-refractivity contribution in [1.29, 1.82) is 0 Å². The van der Waals surface area contributed by atoms with Crippen molar-refractivity contribution in [2.75, 3.05) is 11.5 Å². The maximum atomic E-state index is 12.7. The quantitative estimate of drug-likeness (QED) is 0.200. The highest BCUT2D eigenvalue weighted by Gasteiger charge is 2.51. The predicted molar refractivity (Wildman–Crippen MR) is 179 cm³/mol. The fraction of sp³-hybridized carbons (Fsp3) is 0.429. The Morgan fingerprint density at radius 3 is 2.08 bits per heavy atom. The van der Waals surface area contributed by atoms with Crippen LogP contribution in [0.15, 0.2) is 97.1 Å². The smallest absolute Gasteiger partial charge is 0.261 e. The zero-order chi connectivity index (χ0) is 28.4. The van der Waals surface area contributed by atoms with Gasteiger partial charge in [0.15, 0.2) is 0 Å². The van der Waals surface area contributed by atoms with Crippen LogP contribution in [-0.4, -0.2) is 34.7 Å². The first-order chi connectivity index (χ1) is 19.3. The summed E-state index contributed by atoms with van der Waals surface area (Å²) in [5.41, 5.74) is 1.23. The molecular weight excluding hydrogens is 545 g/mol. The van der Waals surface area contributed by atoms with Gasteiger partial charge in [0, 0.05) is 22.7 Å². The van der Waals surface area contributed by atoms with Crippen LogP contribution in [0, 0.1) is 5.92 Å². The van der Waals surface area contributed by atoms with Crippen molar-refractivity contribution in [3.63, 3.8) is 0 Å². The van der Waals surface area contributed by atoms with E-state index in [0.29, 0.717) is 5.92 Å². The average Bonchev–Trinajstić information content (AvgIpc) is 2.96. The van der Waals surface area contributed by atoms with Crippen molar-refractivity contribution < 1.29 is 8.63 Å². The van der Waals surface area contributed by atoms with Crippen molar-refractivity contribution >= 4 is 47.3 Å². The minimum absolute atomic E-state index is 0.0612. The molecule has 0 spiro atoms. The number of allylic oxidation sites excluding steroid dienone is 1. The van der Waals surface area contributed by atoms with Gasteiger partial charge in [0.2, 0.25) is 0 Å². The molecule has 0 aliphatic carbocycles. The Bertz CT molecular complexity index is 1170. The Kier molecular flexibility index (Phi) is 11.5. The highest BCUT2D eigenvalue weighted by Crippen LogP contribution is 2.39. The predicted octanol–water partition coefficient (Wildman–Crippen LogP) is 8.05. The van der Waals surface area contributed by atoms with E-state index >= 15 is 0 Å². The molecule has 0 N–H and O–H groups in total. The van der Waals surface area contributed by atoms with Gasteiger partial charge >= 0.3 is 0 Å². The van der Waals surface area contributed by atoms with E-state index in [1.165, 1.54) is 15.9 Å². The Hall–Kier alpha value is -1.92. The number of hydrogen-bond donors (Lipinski definition) is 0. The molecule has 1 saturated heterocycles. The highest BCUT2D eigenvalue weighted by molar-refractivity contribution is 8.11. The molecular formula is C35H46O2S2Si. The summed E-state index contributed by atoms with van der Waals surface area (Å²) in [7, 11) is -3.37. The lowest BCUT2D eigenvalue weighted by Crippen LogP contribution is -2.68. The molecule has 0 unspecified atom stereocenters. The van der Waals surface area contributed by atoms with E-state index in [9.17, 15) is 4.21 Å².